The molecular weight excluding hydrogens is 264 g/mol. The molecule has 0 radical (unpaired) electrons. The highest BCUT2D eigenvalue weighted by Gasteiger charge is 2.36. The monoisotopic (exact) mass is 282 g/mol. The highest BCUT2D eigenvalue weighted by atomic mass is 16.7. The number of carbonyl (C=O) groups excluding carboxylic acids is 1. The Morgan fingerprint density at radius 3 is 2.35 bits per heavy atom. The Balaban J connectivity index is 2.50. The predicted octanol–water partition coefficient (Wildman–Crippen LogP) is 1.46. The highest BCUT2D eigenvalue weighted by molar-refractivity contribution is 5.76. The second kappa shape index (κ2) is 6.11. The summed E-state index contributed by atoms with van der Waals surface area (Å²) in [6.45, 7) is 0. The molecule has 0 aliphatic carbocycles. The average Bonchev–Trinajstić information content (AvgIpc) is 2.51. The van der Waals surface area contributed by atoms with Crippen molar-refractivity contribution in [2.45, 2.75) is 18.8 Å². The fraction of sp³-hybridized carbons (Fsp3) is 0.500. The standard InChI is InChI=1S/C14H18O6/c1-16-9-5-6-10(17-2)12-8(9)7-11(13(15)18-3)20-14(12)19-4/h5-6,11,14H,7H2,1-4H3. The van der Waals surface area contributed by atoms with Gasteiger partial charge in [0, 0.05) is 19.1 Å². The first-order valence-corrected chi connectivity index (χ1v) is 6.16. The first-order chi connectivity index (χ1) is 9.65. The summed E-state index contributed by atoms with van der Waals surface area (Å²) in [7, 11) is 5.98. The van der Waals surface area contributed by atoms with E-state index in [0.717, 1.165) is 11.1 Å². The Morgan fingerprint density at radius 1 is 1.15 bits per heavy atom. The Bertz CT molecular complexity index is 499. The minimum Gasteiger partial charge on any atom is -0.496 e. The number of rotatable bonds is 4. The molecule has 0 saturated heterocycles. The van der Waals surface area contributed by atoms with E-state index in [9.17, 15) is 4.79 Å². The molecule has 0 amide bonds. The molecule has 2 atom stereocenters. The Morgan fingerprint density at radius 2 is 1.80 bits per heavy atom. The molecule has 110 valence electrons. The second-order valence-corrected chi connectivity index (χ2v) is 4.28. The Labute approximate surface area is 117 Å². The predicted molar refractivity (Wildman–Crippen MR) is 69.9 cm³/mol. The third-order valence-electron chi connectivity index (χ3n) is 3.31. The quantitative estimate of drug-likeness (QED) is 0.779. The van der Waals surface area contributed by atoms with Gasteiger partial charge in [0.25, 0.3) is 0 Å². The van der Waals surface area contributed by atoms with Gasteiger partial charge in [-0.1, -0.05) is 0 Å². The molecule has 0 N–H and O–H groups in total. The van der Waals surface area contributed by atoms with Crippen LogP contribution in [0.3, 0.4) is 0 Å². The van der Waals surface area contributed by atoms with Gasteiger partial charge in [-0.25, -0.2) is 4.79 Å². The third-order valence-corrected chi connectivity index (χ3v) is 3.31. The molecule has 1 aromatic rings. The van der Waals surface area contributed by atoms with Crippen molar-refractivity contribution in [1.82, 2.24) is 0 Å². The van der Waals surface area contributed by atoms with Crippen LogP contribution in [0.25, 0.3) is 0 Å². The SMILES string of the molecule is COC(=O)C1Cc2c(OC)ccc(OC)c2C(OC)O1. The van der Waals surface area contributed by atoms with E-state index in [1.807, 2.05) is 0 Å². The maximum atomic E-state index is 11.7. The van der Waals surface area contributed by atoms with Crippen LogP contribution >= 0.6 is 0 Å². The van der Waals surface area contributed by atoms with Gasteiger partial charge in [-0.3, -0.25) is 0 Å². The van der Waals surface area contributed by atoms with E-state index in [4.69, 9.17) is 23.7 Å². The summed E-state index contributed by atoms with van der Waals surface area (Å²) in [6, 6.07) is 3.58. The number of carbonyl (C=O) groups is 1. The lowest BCUT2D eigenvalue weighted by Gasteiger charge is -2.31. The summed E-state index contributed by atoms with van der Waals surface area (Å²) >= 11 is 0. The van der Waals surface area contributed by atoms with E-state index >= 15 is 0 Å². The van der Waals surface area contributed by atoms with Gasteiger partial charge in [0.2, 0.25) is 0 Å². The molecule has 0 spiro atoms. The number of esters is 1. The summed E-state index contributed by atoms with van der Waals surface area (Å²) in [4.78, 5) is 11.7. The van der Waals surface area contributed by atoms with E-state index in [-0.39, 0.29) is 0 Å². The number of benzene rings is 1. The van der Waals surface area contributed by atoms with Crippen molar-refractivity contribution in [2.24, 2.45) is 0 Å². The number of methoxy groups -OCH3 is 4. The van der Waals surface area contributed by atoms with Crippen molar-refractivity contribution >= 4 is 5.97 Å². The lowest BCUT2D eigenvalue weighted by molar-refractivity contribution is -0.192. The minimum absolute atomic E-state index is 0.349. The molecule has 2 rings (SSSR count). The average molecular weight is 282 g/mol. The molecule has 1 aliphatic heterocycles. The van der Waals surface area contributed by atoms with Crippen LogP contribution in [0.4, 0.5) is 0 Å². The molecule has 1 heterocycles. The summed E-state index contributed by atoms with van der Waals surface area (Å²) in [5, 5.41) is 0. The van der Waals surface area contributed by atoms with Gasteiger partial charge in [-0.05, 0) is 12.1 Å². The molecule has 1 aromatic carbocycles. The molecule has 0 aromatic heterocycles. The van der Waals surface area contributed by atoms with Crippen LogP contribution in [0, 0.1) is 0 Å². The van der Waals surface area contributed by atoms with E-state index in [0.29, 0.717) is 17.9 Å². The van der Waals surface area contributed by atoms with Gasteiger partial charge in [0.15, 0.2) is 12.4 Å². The van der Waals surface area contributed by atoms with Crippen LogP contribution in [0.1, 0.15) is 17.4 Å². The molecule has 20 heavy (non-hydrogen) atoms. The topological polar surface area (TPSA) is 63.2 Å². The number of hydrogen-bond donors (Lipinski definition) is 0. The largest absolute Gasteiger partial charge is 0.496 e. The molecule has 6 heteroatoms. The van der Waals surface area contributed by atoms with Crippen molar-refractivity contribution in [3.05, 3.63) is 23.3 Å². The van der Waals surface area contributed by atoms with Crippen molar-refractivity contribution in [3.63, 3.8) is 0 Å². The van der Waals surface area contributed by atoms with E-state index in [2.05, 4.69) is 0 Å². The minimum atomic E-state index is -0.724. The van der Waals surface area contributed by atoms with E-state index in [1.54, 1.807) is 26.4 Å². The molecule has 2 unspecified atom stereocenters. The van der Waals surface area contributed by atoms with Gasteiger partial charge in [-0.2, -0.15) is 0 Å². The van der Waals surface area contributed by atoms with Crippen LogP contribution < -0.4 is 9.47 Å². The zero-order chi connectivity index (χ0) is 14.7. The lowest BCUT2D eigenvalue weighted by atomic mass is 9.96. The summed E-state index contributed by atoms with van der Waals surface area (Å²) < 4.78 is 26.4. The molecule has 6 nitrogen and oxygen atoms in total. The molecule has 0 bridgehead atoms. The summed E-state index contributed by atoms with van der Waals surface area (Å²) in [6.07, 6.45) is -1.08. The molecule has 1 aliphatic rings. The zero-order valence-electron chi connectivity index (χ0n) is 12.0. The lowest BCUT2D eigenvalue weighted by Crippen LogP contribution is -2.35. The van der Waals surface area contributed by atoms with Crippen LogP contribution in [0.2, 0.25) is 0 Å². The van der Waals surface area contributed by atoms with E-state index < -0.39 is 18.4 Å². The van der Waals surface area contributed by atoms with Crippen LogP contribution in [0.5, 0.6) is 11.5 Å². The van der Waals surface area contributed by atoms with Gasteiger partial charge in [0.05, 0.1) is 26.9 Å². The summed E-state index contributed by atoms with van der Waals surface area (Å²) in [5.41, 5.74) is 1.58. The Hall–Kier alpha value is -1.79. The third kappa shape index (κ3) is 2.44. The van der Waals surface area contributed by atoms with Gasteiger partial charge < -0.3 is 23.7 Å². The number of fused-ring (bicyclic) bond motifs is 1. The number of ether oxygens (including phenoxy) is 5. The maximum Gasteiger partial charge on any atom is 0.335 e. The van der Waals surface area contributed by atoms with E-state index in [1.165, 1.54) is 14.2 Å². The smallest absolute Gasteiger partial charge is 0.335 e. The normalized spacial score (nSPS) is 21.0. The number of hydrogen-bond acceptors (Lipinski definition) is 6. The van der Waals surface area contributed by atoms with Crippen LogP contribution in [-0.2, 0) is 25.4 Å². The summed E-state index contributed by atoms with van der Waals surface area (Å²) in [5.74, 6) is 0.860. The Kier molecular flexibility index (Phi) is 4.46. The van der Waals surface area contributed by atoms with Crippen molar-refractivity contribution in [2.75, 3.05) is 28.4 Å². The van der Waals surface area contributed by atoms with Gasteiger partial charge in [0.1, 0.15) is 11.5 Å². The molecule has 0 fully saturated rings. The fourth-order valence-corrected chi connectivity index (χ4v) is 2.36. The second-order valence-electron chi connectivity index (χ2n) is 4.28. The molecule has 0 saturated carbocycles. The zero-order valence-corrected chi connectivity index (χ0v) is 12.0. The molecular formula is C14H18O6. The first kappa shape index (κ1) is 14.6. The maximum absolute atomic E-state index is 11.7. The van der Waals surface area contributed by atoms with Gasteiger partial charge >= 0.3 is 5.97 Å². The fourth-order valence-electron chi connectivity index (χ4n) is 2.36. The van der Waals surface area contributed by atoms with Crippen molar-refractivity contribution in [3.8, 4) is 11.5 Å². The van der Waals surface area contributed by atoms with Crippen molar-refractivity contribution in [1.29, 1.82) is 0 Å². The highest BCUT2D eigenvalue weighted by Crippen LogP contribution is 2.41. The first-order valence-electron chi connectivity index (χ1n) is 6.16. The van der Waals surface area contributed by atoms with Crippen LogP contribution in [0.15, 0.2) is 12.1 Å². The van der Waals surface area contributed by atoms with Gasteiger partial charge in [-0.15, -0.1) is 0 Å². The van der Waals surface area contributed by atoms with Crippen molar-refractivity contribution < 1.29 is 28.5 Å². The van der Waals surface area contributed by atoms with Crippen LogP contribution in [-0.4, -0.2) is 40.5 Å².